The Balaban J connectivity index is 1.89. The maximum absolute atomic E-state index is 13.0. The fraction of sp³-hybridized carbons (Fsp3) is 0.625. The SMILES string of the molecule is CNC1(CO)CCCC1CCOc1ccc(F)cc1C. The molecule has 1 aliphatic rings. The molecule has 2 unspecified atom stereocenters. The maximum atomic E-state index is 13.0. The van der Waals surface area contributed by atoms with Crippen LogP contribution in [0.15, 0.2) is 18.2 Å². The van der Waals surface area contributed by atoms with E-state index in [1.807, 2.05) is 14.0 Å². The van der Waals surface area contributed by atoms with Crippen molar-refractivity contribution in [2.24, 2.45) is 5.92 Å². The standard InChI is InChI=1S/C16H24FNO2/c1-12-10-14(17)5-6-15(12)20-9-7-13-4-3-8-16(13,11-19)18-2/h5-6,10,13,18-19H,3-4,7-9,11H2,1-2H3. The molecule has 1 saturated carbocycles. The first-order valence-electron chi connectivity index (χ1n) is 7.30. The van der Waals surface area contributed by atoms with E-state index in [2.05, 4.69) is 5.32 Å². The molecule has 0 aliphatic heterocycles. The highest BCUT2D eigenvalue weighted by Crippen LogP contribution is 2.37. The van der Waals surface area contributed by atoms with E-state index in [1.54, 1.807) is 6.07 Å². The van der Waals surface area contributed by atoms with Gasteiger partial charge in [-0.1, -0.05) is 6.42 Å². The lowest BCUT2D eigenvalue weighted by molar-refractivity contribution is 0.117. The van der Waals surface area contributed by atoms with Gasteiger partial charge >= 0.3 is 0 Å². The molecular weight excluding hydrogens is 257 g/mol. The molecule has 0 saturated heterocycles. The number of hydrogen-bond donors (Lipinski definition) is 2. The molecule has 0 radical (unpaired) electrons. The van der Waals surface area contributed by atoms with Crippen LogP contribution < -0.4 is 10.1 Å². The third-order valence-corrected chi connectivity index (χ3v) is 4.60. The molecule has 112 valence electrons. The Morgan fingerprint density at radius 1 is 1.50 bits per heavy atom. The van der Waals surface area contributed by atoms with Crippen LogP contribution in [0.2, 0.25) is 0 Å². The van der Waals surface area contributed by atoms with Crippen molar-refractivity contribution >= 4 is 0 Å². The number of nitrogens with one attached hydrogen (secondary N) is 1. The molecule has 2 atom stereocenters. The molecule has 1 aliphatic carbocycles. The van der Waals surface area contributed by atoms with Crippen molar-refractivity contribution in [3.05, 3.63) is 29.6 Å². The molecule has 2 N–H and O–H groups in total. The van der Waals surface area contributed by atoms with Gasteiger partial charge in [-0.25, -0.2) is 4.39 Å². The number of benzene rings is 1. The molecule has 2 rings (SSSR count). The molecule has 0 amide bonds. The summed E-state index contributed by atoms with van der Waals surface area (Å²) in [6, 6.07) is 4.58. The second-order valence-corrected chi connectivity index (χ2v) is 5.70. The summed E-state index contributed by atoms with van der Waals surface area (Å²) < 4.78 is 18.8. The van der Waals surface area contributed by atoms with Crippen molar-refractivity contribution in [1.82, 2.24) is 5.32 Å². The summed E-state index contributed by atoms with van der Waals surface area (Å²) in [4.78, 5) is 0. The summed E-state index contributed by atoms with van der Waals surface area (Å²) in [6.07, 6.45) is 4.17. The van der Waals surface area contributed by atoms with Gasteiger partial charge in [0.05, 0.1) is 13.2 Å². The number of hydrogen-bond acceptors (Lipinski definition) is 3. The van der Waals surface area contributed by atoms with Crippen molar-refractivity contribution in [2.75, 3.05) is 20.3 Å². The third-order valence-electron chi connectivity index (χ3n) is 4.60. The largest absolute Gasteiger partial charge is 0.493 e. The topological polar surface area (TPSA) is 41.5 Å². The van der Waals surface area contributed by atoms with Crippen LogP contribution >= 0.6 is 0 Å². The van der Waals surface area contributed by atoms with Gasteiger partial charge in [-0.15, -0.1) is 0 Å². The van der Waals surface area contributed by atoms with Crippen LogP contribution in [0.5, 0.6) is 5.75 Å². The van der Waals surface area contributed by atoms with Crippen LogP contribution in [0.1, 0.15) is 31.2 Å². The highest BCUT2D eigenvalue weighted by molar-refractivity contribution is 5.32. The zero-order valence-electron chi connectivity index (χ0n) is 12.3. The molecule has 0 spiro atoms. The molecular formula is C16H24FNO2. The summed E-state index contributed by atoms with van der Waals surface area (Å²) >= 11 is 0. The minimum absolute atomic E-state index is 0.152. The summed E-state index contributed by atoms with van der Waals surface area (Å²) in [7, 11) is 1.92. The molecule has 0 aromatic heterocycles. The highest BCUT2D eigenvalue weighted by Gasteiger charge is 2.40. The summed E-state index contributed by atoms with van der Waals surface area (Å²) in [5.74, 6) is 0.932. The zero-order valence-corrected chi connectivity index (χ0v) is 12.3. The van der Waals surface area contributed by atoms with Gasteiger partial charge in [-0.2, -0.15) is 0 Å². The smallest absolute Gasteiger partial charge is 0.123 e. The van der Waals surface area contributed by atoms with Gasteiger partial charge in [0.1, 0.15) is 11.6 Å². The lowest BCUT2D eigenvalue weighted by atomic mass is 9.86. The van der Waals surface area contributed by atoms with E-state index in [1.165, 1.54) is 12.1 Å². The minimum atomic E-state index is -0.236. The lowest BCUT2D eigenvalue weighted by Gasteiger charge is -2.33. The average Bonchev–Trinajstić information content (AvgIpc) is 2.85. The van der Waals surface area contributed by atoms with Crippen LogP contribution in [0.25, 0.3) is 0 Å². The Morgan fingerprint density at radius 3 is 2.95 bits per heavy atom. The van der Waals surface area contributed by atoms with Crippen molar-refractivity contribution in [3.63, 3.8) is 0 Å². The van der Waals surface area contributed by atoms with Crippen LogP contribution in [0.4, 0.5) is 4.39 Å². The van der Waals surface area contributed by atoms with Crippen LogP contribution in [0, 0.1) is 18.7 Å². The summed E-state index contributed by atoms with van der Waals surface area (Å²) in [5.41, 5.74) is 0.666. The van der Waals surface area contributed by atoms with E-state index in [0.717, 1.165) is 37.0 Å². The second-order valence-electron chi connectivity index (χ2n) is 5.70. The van der Waals surface area contributed by atoms with Crippen molar-refractivity contribution < 1.29 is 14.2 Å². The van der Waals surface area contributed by atoms with E-state index in [-0.39, 0.29) is 18.0 Å². The van der Waals surface area contributed by atoms with E-state index in [0.29, 0.717) is 12.5 Å². The monoisotopic (exact) mass is 281 g/mol. The van der Waals surface area contributed by atoms with Gasteiger partial charge in [-0.3, -0.25) is 0 Å². The zero-order chi connectivity index (χ0) is 14.6. The number of halogens is 1. The number of likely N-dealkylation sites (N-methyl/N-ethyl adjacent to an activating group) is 1. The highest BCUT2D eigenvalue weighted by atomic mass is 19.1. The van der Waals surface area contributed by atoms with E-state index < -0.39 is 0 Å². The second kappa shape index (κ2) is 6.55. The number of rotatable bonds is 6. The van der Waals surface area contributed by atoms with Crippen LogP contribution in [-0.2, 0) is 0 Å². The quantitative estimate of drug-likeness (QED) is 0.842. The molecule has 0 bridgehead atoms. The minimum Gasteiger partial charge on any atom is -0.493 e. The van der Waals surface area contributed by atoms with Gasteiger partial charge in [-0.05, 0) is 62.9 Å². The maximum Gasteiger partial charge on any atom is 0.123 e. The average molecular weight is 281 g/mol. The number of ether oxygens (including phenoxy) is 1. The van der Waals surface area contributed by atoms with Gasteiger partial charge in [0.25, 0.3) is 0 Å². The first kappa shape index (κ1) is 15.3. The molecule has 1 aromatic rings. The Kier molecular flexibility index (Phi) is 5.00. The predicted molar refractivity (Wildman–Crippen MR) is 77.5 cm³/mol. The molecule has 0 heterocycles. The van der Waals surface area contributed by atoms with Crippen molar-refractivity contribution in [2.45, 2.75) is 38.1 Å². The van der Waals surface area contributed by atoms with Crippen molar-refractivity contribution in [1.29, 1.82) is 0 Å². The summed E-state index contributed by atoms with van der Waals surface area (Å²) in [6.45, 7) is 2.61. The Bertz CT molecular complexity index is 446. The number of aliphatic hydroxyl groups excluding tert-OH is 1. The van der Waals surface area contributed by atoms with Gasteiger partial charge < -0.3 is 15.2 Å². The van der Waals surface area contributed by atoms with E-state index in [9.17, 15) is 9.50 Å². The molecule has 1 aromatic carbocycles. The Labute approximate surface area is 120 Å². The van der Waals surface area contributed by atoms with Gasteiger partial charge in [0.15, 0.2) is 0 Å². The van der Waals surface area contributed by atoms with E-state index >= 15 is 0 Å². The fourth-order valence-corrected chi connectivity index (χ4v) is 3.27. The third kappa shape index (κ3) is 3.13. The number of aliphatic hydroxyl groups is 1. The molecule has 4 heteroatoms. The van der Waals surface area contributed by atoms with Gasteiger partial charge in [0, 0.05) is 5.54 Å². The molecule has 3 nitrogen and oxygen atoms in total. The normalized spacial score (nSPS) is 25.9. The van der Waals surface area contributed by atoms with Crippen molar-refractivity contribution in [3.8, 4) is 5.75 Å². The summed E-state index contributed by atoms with van der Waals surface area (Å²) in [5, 5.41) is 12.9. The predicted octanol–water partition coefficient (Wildman–Crippen LogP) is 2.65. The first-order valence-corrected chi connectivity index (χ1v) is 7.30. The first-order chi connectivity index (χ1) is 9.61. The Hall–Kier alpha value is -1.13. The van der Waals surface area contributed by atoms with E-state index in [4.69, 9.17) is 4.74 Å². The van der Waals surface area contributed by atoms with Gasteiger partial charge in [0.2, 0.25) is 0 Å². The lowest BCUT2D eigenvalue weighted by Crippen LogP contribution is -2.49. The fourth-order valence-electron chi connectivity index (χ4n) is 3.27. The van der Waals surface area contributed by atoms with Crippen LogP contribution in [0.3, 0.4) is 0 Å². The Morgan fingerprint density at radius 2 is 2.30 bits per heavy atom. The molecule has 20 heavy (non-hydrogen) atoms. The number of aryl methyl sites for hydroxylation is 1. The molecule has 1 fully saturated rings. The van der Waals surface area contributed by atoms with Crippen LogP contribution in [-0.4, -0.2) is 30.9 Å².